The number of nitrogens with zero attached hydrogens (tertiary/aromatic N) is 1. The standard InChI is InChI=1S/C15H18N2O/c16-12-14-8-10-17(11-9-14)15(18)7-6-13-4-2-1-3-5-13/h1-5,14H,8-12,16H2. The first kappa shape index (κ1) is 12.7. The van der Waals surface area contributed by atoms with Gasteiger partial charge in [0.25, 0.3) is 5.91 Å². The average molecular weight is 242 g/mol. The van der Waals surface area contributed by atoms with Gasteiger partial charge in [-0.25, -0.2) is 0 Å². The summed E-state index contributed by atoms with van der Waals surface area (Å²) in [7, 11) is 0. The predicted octanol–water partition coefficient (Wildman–Crippen LogP) is 1.24. The lowest BCUT2D eigenvalue weighted by atomic mass is 9.97. The minimum Gasteiger partial charge on any atom is -0.332 e. The number of piperidine rings is 1. The Bertz CT molecular complexity index is 450. The molecule has 1 aromatic carbocycles. The van der Waals surface area contributed by atoms with Gasteiger partial charge >= 0.3 is 0 Å². The maximum absolute atomic E-state index is 11.9. The van der Waals surface area contributed by atoms with E-state index in [0.29, 0.717) is 5.92 Å². The van der Waals surface area contributed by atoms with Crippen molar-refractivity contribution in [3.63, 3.8) is 0 Å². The number of benzene rings is 1. The first-order valence-corrected chi connectivity index (χ1v) is 6.35. The van der Waals surface area contributed by atoms with E-state index in [2.05, 4.69) is 11.8 Å². The van der Waals surface area contributed by atoms with E-state index < -0.39 is 0 Å². The van der Waals surface area contributed by atoms with Gasteiger partial charge in [-0.2, -0.15) is 0 Å². The number of hydrogen-bond donors (Lipinski definition) is 1. The molecule has 94 valence electrons. The molecule has 0 spiro atoms. The van der Waals surface area contributed by atoms with Gasteiger partial charge < -0.3 is 10.6 Å². The van der Waals surface area contributed by atoms with Gasteiger partial charge in [-0.05, 0) is 37.4 Å². The molecular formula is C15H18N2O. The van der Waals surface area contributed by atoms with Crippen LogP contribution in [0.1, 0.15) is 18.4 Å². The molecule has 1 aliphatic rings. The van der Waals surface area contributed by atoms with Crippen molar-refractivity contribution in [1.82, 2.24) is 4.90 Å². The highest BCUT2D eigenvalue weighted by Gasteiger charge is 2.20. The van der Waals surface area contributed by atoms with E-state index >= 15 is 0 Å². The summed E-state index contributed by atoms with van der Waals surface area (Å²) >= 11 is 0. The van der Waals surface area contributed by atoms with E-state index in [1.165, 1.54) is 0 Å². The largest absolute Gasteiger partial charge is 0.332 e. The number of amides is 1. The quantitative estimate of drug-likeness (QED) is 0.753. The van der Waals surface area contributed by atoms with Gasteiger partial charge in [-0.1, -0.05) is 24.1 Å². The summed E-state index contributed by atoms with van der Waals surface area (Å²) in [5.74, 6) is 6.10. The molecule has 0 atom stereocenters. The lowest BCUT2D eigenvalue weighted by molar-refractivity contribution is -0.126. The van der Waals surface area contributed by atoms with Gasteiger partial charge in [-0.3, -0.25) is 4.79 Å². The molecule has 0 saturated carbocycles. The number of carbonyl (C=O) groups is 1. The Balaban J connectivity index is 1.92. The molecule has 0 aromatic heterocycles. The lowest BCUT2D eigenvalue weighted by Crippen LogP contribution is -2.39. The molecule has 3 heteroatoms. The van der Waals surface area contributed by atoms with Gasteiger partial charge in [0.15, 0.2) is 0 Å². The van der Waals surface area contributed by atoms with Crippen LogP contribution in [0.15, 0.2) is 30.3 Å². The molecule has 1 aliphatic heterocycles. The van der Waals surface area contributed by atoms with Crippen LogP contribution < -0.4 is 5.73 Å². The molecule has 1 amide bonds. The van der Waals surface area contributed by atoms with E-state index in [1.807, 2.05) is 35.2 Å². The number of rotatable bonds is 1. The average Bonchev–Trinajstić information content (AvgIpc) is 2.46. The molecule has 0 bridgehead atoms. The van der Waals surface area contributed by atoms with Gasteiger partial charge in [0.1, 0.15) is 0 Å². The van der Waals surface area contributed by atoms with Crippen LogP contribution in [0.4, 0.5) is 0 Å². The molecule has 1 heterocycles. The van der Waals surface area contributed by atoms with Crippen LogP contribution in [0.3, 0.4) is 0 Å². The molecule has 2 rings (SSSR count). The number of hydrogen-bond acceptors (Lipinski definition) is 2. The zero-order chi connectivity index (χ0) is 12.8. The fraction of sp³-hybridized carbons (Fsp3) is 0.400. The van der Waals surface area contributed by atoms with E-state index in [0.717, 1.165) is 38.0 Å². The molecule has 0 aliphatic carbocycles. The lowest BCUT2D eigenvalue weighted by Gasteiger charge is -2.29. The first-order valence-electron chi connectivity index (χ1n) is 6.35. The minimum atomic E-state index is -0.0747. The molecular weight excluding hydrogens is 224 g/mol. The van der Waals surface area contributed by atoms with Crippen molar-refractivity contribution in [3.05, 3.63) is 35.9 Å². The maximum Gasteiger partial charge on any atom is 0.298 e. The van der Waals surface area contributed by atoms with Gasteiger partial charge in [-0.15, -0.1) is 0 Å². The van der Waals surface area contributed by atoms with E-state index in [9.17, 15) is 4.79 Å². The number of carbonyl (C=O) groups excluding carboxylic acids is 1. The highest BCUT2D eigenvalue weighted by molar-refractivity contribution is 5.94. The molecule has 1 fully saturated rings. The monoisotopic (exact) mass is 242 g/mol. The molecule has 1 saturated heterocycles. The third-order valence-corrected chi connectivity index (χ3v) is 3.32. The van der Waals surface area contributed by atoms with Gasteiger partial charge in [0.2, 0.25) is 0 Å². The van der Waals surface area contributed by atoms with Crippen molar-refractivity contribution in [2.24, 2.45) is 11.7 Å². The summed E-state index contributed by atoms with van der Waals surface area (Å²) < 4.78 is 0. The number of nitrogens with two attached hydrogens (primary N) is 1. The van der Waals surface area contributed by atoms with Crippen molar-refractivity contribution in [2.45, 2.75) is 12.8 Å². The van der Waals surface area contributed by atoms with Crippen LogP contribution in [0.25, 0.3) is 0 Å². The first-order chi connectivity index (χ1) is 8.79. The third-order valence-electron chi connectivity index (χ3n) is 3.32. The van der Waals surface area contributed by atoms with Crippen LogP contribution >= 0.6 is 0 Å². The van der Waals surface area contributed by atoms with Crippen LogP contribution in [-0.2, 0) is 4.79 Å². The Kier molecular flexibility index (Phi) is 4.38. The zero-order valence-corrected chi connectivity index (χ0v) is 10.4. The topological polar surface area (TPSA) is 46.3 Å². The molecule has 18 heavy (non-hydrogen) atoms. The summed E-state index contributed by atoms with van der Waals surface area (Å²) in [6, 6.07) is 9.58. The van der Waals surface area contributed by atoms with E-state index in [-0.39, 0.29) is 5.91 Å². The van der Waals surface area contributed by atoms with Crippen molar-refractivity contribution in [3.8, 4) is 11.8 Å². The van der Waals surface area contributed by atoms with E-state index in [4.69, 9.17) is 5.73 Å². The van der Waals surface area contributed by atoms with Crippen LogP contribution in [0.5, 0.6) is 0 Å². The highest BCUT2D eigenvalue weighted by atomic mass is 16.2. The summed E-state index contributed by atoms with van der Waals surface area (Å²) in [5.41, 5.74) is 6.51. The van der Waals surface area contributed by atoms with Crippen LogP contribution in [0.2, 0.25) is 0 Å². The Morgan fingerprint density at radius 2 is 1.94 bits per heavy atom. The van der Waals surface area contributed by atoms with Crippen molar-refractivity contribution < 1.29 is 4.79 Å². The SMILES string of the molecule is NCC1CCN(C(=O)C#Cc2ccccc2)CC1. The summed E-state index contributed by atoms with van der Waals surface area (Å²) in [6.45, 7) is 2.28. The Morgan fingerprint density at radius 3 is 2.56 bits per heavy atom. The van der Waals surface area contributed by atoms with Crippen LogP contribution in [-0.4, -0.2) is 30.4 Å². The maximum atomic E-state index is 11.9. The van der Waals surface area contributed by atoms with Crippen molar-refractivity contribution in [2.75, 3.05) is 19.6 Å². The fourth-order valence-electron chi connectivity index (χ4n) is 2.10. The normalized spacial score (nSPS) is 15.9. The molecule has 1 aromatic rings. The van der Waals surface area contributed by atoms with Gasteiger partial charge in [0.05, 0.1) is 0 Å². The Labute approximate surface area is 108 Å². The smallest absolute Gasteiger partial charge is 0.298 e. The Morgan fingerprint density at radius 1 is 1.28 bits per heavy atom. The molecule has 0 radical (unpaired) electrons. The molecule has 0 unspecified atom stereocenters. The second-order valence-electron chi connectivity index (χ2n) is 4.59. The summed E-state index contributed by atoms with van der Waals surface area (Å²) in [5, 5.41) is 0. The predicted molar refractivity (Wildman–Crippen MR) is 71.7 cm³/mol. The summed E-state index contributed by atoms with van der Waals surface area (Å²) in [4.78, 5) is 13.7. The zero-order valence-electron chi connectivity index (χ0n) is 10.4. The van der Waals surface area contributed by atoms with Crippen molar-refractivity contribution >= 4 is 5.91 Å². The van der Waals surface area contributed by atoms with Crippen molar-refractivity contribution in [1.29, 1.82) is 0 Å². The third kappa shape index (κ3) is 3.35. The fourth-order valence-corrected chi connectivity index (χ4v) is 2.10. The summed E-state index contributed by atoms with van der Waals surface area (Å²) in [6.07, 6.45) is 1.99. The minimum absolute atomic E-state index is 0.0747. The second-order valence-corrected chi connectivity index (χ2v) is 4.59. The van der Waals surface area contributed by atoms with E-state index in [1.54, 1.807) is 0 Å². The van der Waals surface area contributed by atoms with Gasteiger partial charge in [0, 0.05) is 24.6 Å². The highest BCUT2D eigenvalue weighted by Crippen LogP contribution is 2.15. The van der Waals surface area contributed by atoms with Crippen LogP contribution in [0, 0.1) is 17.8 Å². The Hall–Kier alpha value is -1.79. The number of likely N-dealkylation sites (tertiary alicyclic amines) is 1. The second kappa shape index (κ2) is 6.23. The molecule has 2 N–H and O–H groups in total. The molecule has 3 nitrogen and oxygen atoms in total.